The van der Waals surface area contributed by atoms with E-state index in [0.717, 1.165) is 13.1 Å². The Morgan fingerprint density at radius 1 is 1.47 bits per heavy atom. The molecule has 0 radical (unpaired) electrons. The average Bonchev–Trinajstić information content (AvgIpc) is 2.17. The molecule has 1 aromatic carbocycles. The van der Waals surface area contributed by atoms with Crippen LogP contribution in [0.2, 0.25) is 0 Å². The number of aromatic carboxylic acids is 1. The smallest absolute Gasteiger partial charge is 0.335 e. The van der Waals surface area contributed by atoms with Gasteiger partial charge in [-0.25, -0.2) is 9.18 Å². The number of anilines is 1. The van der Waals surface area contributed by atoms with E-state index >= 15 is 0 Å². The summed E-state index contributed by atoms with van der Waals surface area (Å²) in [6.45, 7) is 5.90. The number of hydrogen-bond acceptors (Lipinski definition) is 2. The van der Waals surface area contributed by atoms with E-state index in [2.05, 4.69) is 13.8 Å². The molecule has 1 heterocycles. The minimum atomic E-state index is -1.02. The number of halogens is 1. The summed E-state index contributed by atoms with van der Waals surface area (Å²) in [7, 11) is 0. The maximum Gasteiger partial charge on any atom is 0.335 e. The van der Waals surface area contributed by atoms with Crippen molar-refractivity contribution in [2.45, 2.75) is 13.8 Å². The number of benzene rings is 1. The lowest BCUT2D eigenvalue weighted by molar-refractivity contribution is 0.0697. The molecular formula is C13H16FNO2. The number of carboxylic acids is 1. The molecule has 17 heavy (non-hydrogen) atoms. The van der Waals surface area contributed by atoms with Crippen molar-refractivity contribution in [3.63, 3.8) is 0 Å². The number of carboxylic acid groups (broad SMARTS) is 1. The first-order valence-corrected chi connectivity index (χ1v) is 5.77. The van der Waals surface area contributed by atoms with Crippen LogP contribution in [0, 0.1) is 17.7 Å². The Morgan fingerprint density at radius 3 is 2.65 bits per heavy atom. The Kier molecular flexibility index (Phi) is 3.05. The summed E-state index contributed by atoms with van der Waals surface area (Å²) in [5.41, 5.74) is 0.538. The van der Waals surface area contributed by atoms with E-state index in [4.69, 9.17) is 5.11 Å². The lowest BCUT2D eigenvalue weighted by Gasteiger charge is -2.43. The number of carbonyl (C=O) groups is 1. The van der Waals surface area contributed by atoms with Crippen LogP contribution >= 0.6 is 0 Å². The van der Waals surface area contributed by atoms with Crippen LogP contribution in [0.3, 0.4) is 0 Å². The van der Waals surface area contributed by atoms with Gasteiger partial charge in [0.15, 0.2) is 0 Å². The van der Waals surface area contributed by atoms with Crippen LogP contribution in [0.5, 0.6) is 0 Å². The van der Waals surface area contributed by atoms with E-state index in [1.165, 1.54) is 18.2 Å². The molecule has 2 rings (SSSR count). The molecule has 4 heteroatoms. The van der Waals surface area contributed by atoms with Gasteiger partial charge in [0.2, 0.25) is 0 Å². The zero-order valence-electron chi connectivity index (χ0n) is 9.98. The van der Waals surface area contributed by atoms with Crippen LogP contribution in [0.25, 0.3) is 0 Å². The first-order valence-electron chi connectivity index (χ1n) is 5.77. The van der Waals surface area contributed by atoms with Crippen molar-refractivity contribution in [3.05, 3.63) is 29.6 Å². The molecule has 1 N–H and O–H groups in total. The molecule has 0 aromatic heterocycles. The van der Waals surface area contributed by atoms with Crippen LogP contribution in [0.1, 0.15) is 24.2 Å². The molecule has 3 nitrogen and oxygen atoms in total. The van der Waals surface area contributed by atoms with Gasteiger partial charge in [-0.15, -0.1) is 0 Å². The molecule has 92 valence electrons. The minimum absolute atomic E-state index is 0.134. The monoisotopic (exact) mass is 237 g/mol. The van der Waals surface area contributed by atoms with Gasteiger partial charge >= 0.3 is 5.97 Å². The van der Waals surface area contributed by atoms with Gasteiger partial charge in [-0.05, 0) is 30.0 Å². The molecule has 1 aliphatic rings. The molecule has 0 amide bonds. The van der Waals surface area contributed by atoms with Crippen LogP contribution < -0.4 is 4.90 Å². The summed E-state index contributed by atoms with van der Waals surface area (Å²) in [4.78, 5) is 12.7. The third-order valence-corrected chi connectivity index (χ3v) is 3.39. The van der Waals surface area contributed by atoms with Gasteiger partial charge in [-0.2, -0.15) is 0 Å². The SMILES string of the molecule is CC(C)C1CN(c2cc(C(=O)O)ccc2F)C1. The van der Waals surface area contributed by atoms with E-state index in [0.29, 0.717) is 17.5 Å². The van der Waals surface area contributed by atoms with Crippen molar-refractivity contribution in [2.75, 3.05) is 18.0 Å². The molecule has 0 atom stereocenters. The zero-order valence-corrected chi connectivity index (χ0v) is 9.98. The van der Waals surface area contributed by atoms with Gasteiger partial charge in [0.1, 0.15) is 5.82 Å². The predicted molar refractivity (Wildman–Crippen MR) is 63.9 cm³/mol. The zero-order chi connectivity index (χ0) is 12.6. The highest BCUT2D eigenvalue weighted by atomic mass is 19.1. The van der Waals surface area contributed by atoms with E-state index in [9.17, 15) is 9.18 Å². The summed E-state index contributed by atoms with van der Waals surface area (Å²) in [5, 5.41) is 8.87. The van der Waals surface area contributed by atoms with Gasteiger partial charge in [0.05, 0.1) is 11.3 Å². The Morgan fingerprint density at radius 2 is 2.12 bits per heavy atom. The van der Waals surface area contributed by atoms with Gasteiger partial charge in [-0.1, -0.05) is 13.8 Å². The standard InChI is InChI=1S/C13H16FNO2/c1-8(2)10-6-15(7-10)12-5-9(13(16)17)3-4-11(12)14/h3-5,8,10H,6-7H2,1-2H3,(H,16,17). The van der Waals surface area contributed by atoms with E-state index in [-0.39, 0.29) is 11.4 Å². The van der Waals surface area contributed by atoms with Crippen molar-refractivity contribution in [1.82, 2.24) is 0 Å². The molecule has 0 unspecified atom stereocenters. The average molecular weight is 237 g/mol. The Labute approximate surface area is 99.9 Å². The topological polar surface area (TPSA) is 40.5 Å². The number of hydrogen-bond donors (Lipinski definition) is 1. The fourth-order valence-electron chi connectivity index (χ4n) is 2.02. The second-order valence-corrected chi connectivity index (χ2v) is 4.88. The summed E-state index contributed by atoms with van der Waals surface area (Å²) in [6, 6.07) is 3.93. The highest BCUT2D eigenvalue weighted by Crippen LogP contribution is 2.31. The molecule has 0 bridgehead atoms. The third kappa shape index (κ3) is 2.25. The van der Waals surface area contributed by atoms with Crippen LogP contribution in [0.4, 0.5) is 10.1 Å². The van der Waals surface area contributed by atoms with Gasteiger partial charge in [-0.3, -0.25) is 0 Å². The summed E-state index contributed by atoms with van der Waals surface area (Å²) in [6.07, 6.45) is 0. The maximum absolute atomic E-state index is 13.6. The van der Waals surface area contributed by atoms with Gasteiger partial charge < -0.3 is 10.0 Å². The van der Waals surface area contributed by atoms with Crippen molar-refractivity contribution < 1.29 is 14.3 Å². The van der Waals surface area contributed by atoms with E-state index in [1.54, 1.807) is 0 Å². The second kappa shape index (κ2) is 4.35. The maximum atomic E-state index is 13.6. The minimum Gasteiger partial charge on any atom is -0.478 e. The molecule has 0 saturated carbocycles. The van der Waals surface area contributed by atoms with Crippen molar-refractivity contribution in [2.24, 2.45) is 11.8 Å². The normalized spacial score (nSPS) is 16.1. The molecular weight excluding hydrogens is 221 g/mol. The molecule has 1 aromatic rings. The lowest BCUT2D eigenvalue weighted by atomic mass is 9.88. The number of rotatable bonds is 3. The Balaban J connectivity index is 2.17. The number of nitrogens with zero attached hydrogens (tertiary/aromatic N) is 1. The highest BCUT2D eigenvalue weighted by molar-refractivity contribution is 5.89. The second-order valence-electron chi connectivity index (χ2n) is 4.88. The largest absolute Gasteiger partial charge is 0.478 e. The van der Waals surface area contributed by atoms with E-state index in [1.807, 2.05) is 4.90 Å². The molecule has 1 fully saturated rings. The lowest BCUT2D eigenvalue weighted by Crippen LogP contribution is -2.49. The van der Waals surface area contributed by atoms with Crippen molar-refractivity contribution in [3.8, 4) is 0 Å². The van der Waals surface area contributed by atoms with Crippen LogP contribution in [-0.2, 0) is 0 Å². The Hall–Kier alpha value is -1.58. The summed E-state index contributed by atoms with van der Waals surface area (Å²) >= 11 is 0. The van der Waals surface area contributed by atoms with Gasteiger partial charge in [0.25, 0.3) is 0 Å². The molecule has 1 aliphatic heterocycles. The quantitative estimate of drug-likeness (QED) is 0.878. The first kappa shape index (κ1) is 11.9. The van der Waals surface area contributed by atoms with Crippen LogP contribution in [-0.4, -0.2) is 24.2 Å². The molecule has 0 spiro atoms. The fourth-order valence-corrected chi connectivity index (χ4v) is 2.02. The van der Waals surface area contributed by atoms with Gasteiger partial charge in [0, 0.05) is 13.1 Å². The molecule has 0 aliphatic carbocycles. The van der Waals surface area contributed by atoms with Crippen LogP contribution in [0.15, 0.2) is 18.2 Å². The molecule has 1 saturated heterocycles. The first-order chi connectivity index (χ1) is 7.99. The summed E-state index contributed by atoms with van der Waals surface area (Å²) in [5.74, 6) is -0.218. The Bertz CT molecular complexity index is 439. The highest BCUT2D eigenvalue weighted by Gasteiger charge is 2.30. The van der Waals surface area contributed by atoms with Crippen molar-refractivity contribution >= 4 is 11.7 Å². The summed E-state index contributed by atoms with van der Waals surface area (Å²) < 4.78 is 13.6. The fraction of sp³-hybridized carbons (Fsp3) is 0.462. The van der Waals surface area contributed by atoms with E-state index < -0.39 is 5.97 Å². The predicted octanol–water partition coefficient (Wildman–Crippen LogP) is 2.62. The van der Waals surface area contributed by atoms with Crippen molar-refractivity contribution in [1.29, 1.82) is 0 Å². The third-order valence-electron chi connectivity index (χ3n) is 3.39.